The lowest BCUT2D eigenvalue weighted by molar-refractivity contribution is -0.924. The maximum absolute atomic E-state index is 12.3. The maximum atomic E-state index is 12.3. The molecular formula is C19H39N2O2+. The van der Waals surface area contributed by atoms with E-state index in [9.17, 15) is 9.90 Å². The Labute approximate surface area is 143 Å². The van der Waals surface area contributed by atoms with Gasteiger partial charge >= 0.3 is 0 Å². The molecule has 0 aromatic rings. The van der Waals surface area contributed by atoms with Gasteiger partial charge in [-0.1, -0.05) is 32.3 Å². The zero-order chi connectivity index (χ0) is 17.6. The quantitative estimate of drug-likeness (QED) is 0.302. The van der Waals surface area contributed by atoms with Gasteiger partial charge in [0, 0.05) is 6.54 Å². The molecule has 0 spiro atoms. The van der Waals surface area contributed by atoms with E-state index in [1.807, 2.05) is 17.9 Å². The Morgan fingerprint density at radius 2 is 1.74 bits per heavy atom. The van der Waals surface area contributed by atoms with Gasteiger partial charge in [0.1, 0.15) is 6.54 Å². The van der Waals surface area contributed by atoms with Gasteiger partial charge < -0.3 is 14.5 Å². The lowest BCUT2D eigenvalue weighted by Crippen LogP contribution is -2.53. The summed E-state index contributed by atoms with van der Waals surface area (Å²) in [5, 5.41) is 9.29. The van der Waals surface area contributed by atoms with Crippen LogP contribution in [0.1, 0.15) is 59.8 Å². The average Bonchev–Trinajstić information content (AvgIpc) is 2.57. The number of rotatable bonds is 14. The highest BCUT2D eigenvalue weighted by Crippen LogP contribution is 2.07. The molecule has 0 aliphatic carbocycles. The second-order valence-corrected chi connectivity index (χ2v) is 6.31. The first-order valence-corrected chi connectivity index (χ1v) is 9.50. The number of aliphatic hydroxyl groups excluding tert-OH is 1. The van der Waals surface area contributed by atoms with Crippen LogP contribution in [0.15, 0.2) is 12.2 Å². The second-order valence-electron chi connectivity index (χ2n) is 6.31. The Morgan fingerprint density at radius 1 is 1.04 bits per heavy atom. The van der Waals surface area contributed by atoms with E-state index in [2.05, 4.69) is 20.8 Å². The number of carbonyl (C=O) groups excluding carboxylic acids is 1. The molecule has 0 aliphatic rings. The summed E-state index contributed by atoms with van der Waals surface area (Å²) in [6.07, 6.45) is 9.71. The number of quaternary nitrogens is 1. The third-order valence-electron chi connectivity index (χ3n) is 4.94. The number of hydrogen-bond donors (Lipinski definition) is 1. The van der Waals surface area contributed by atoms with E-state index in [1.54, 1.807) is 6.08 Å². The number of aliphatic hydroxyl groups is 1. The van der Waals surface area contributed by atoms with Gasteiger partial charge in [-0.2, -0.15) is 0 Å². The molecule has 0 radical (unpaired) electrons. The van der Waals surface area contributed by atoms with Crippen LogP contribution in [0.2, 0.25) is 0 Å². The topological polar surface area (TPSA) is 40.5 Å². The highest BCUT2D eigenvalue weighted by molar-refractivity contribution is 5.87. The van der Waals surface area contributed by atoms with Crippen molar-refractivity contribution < 1.29 is 14.4 Å². The molecule has 23 heavy (non-hydrogen) atoms. The lowest BCUT2D eigenvalue weighted by atomic mass is 10.1. The molecule has 0 aliphatic heterocycles. The summed E-state index contributed by atoms with van der Waals surface area (Å²) in [6.45, 7) is 13.9. The lowest BCUT2D eigenvalue weighted by Gasteiger charge is -2.37. The zero-order valence-electron chi connectivity index (χ0n) is 15.9. The Bertz CT molecular complexity index is 325. The Balaban J connectivity index is 4.35. The Hall–Kier alpha value is -0.870. The number of carbonyl (C=O) groups is 1. The molecule has 4 nitrogen and oxygen atoms in total. The molecule has 0 atom stereocenters. The predicted molar refractivity (Wildman–Crippen MR) is 98.3 cm³/mol. The molecule has 0 fully saturated rings. The Morgan fingerprint density at radius 3 is 2.26 bits per heavy atom. The standard InChI is InChI=1S/C19H39N2O2/c1-5-9-10-11-12-13-14-19(23)20(6-2)15-16-21(7-3,8-4)17-18-22/h13-14,22H,5-12,15-18H2,1-4H3/q+1/b14-13+. The van der Waals surface area contributed by atoms with Gasteiger partial charge in [-0.25, -0.2) is 0 Å². The fraction of sp³-hybridized carbons (Fsp3) is 0.842. The molecule has 136 valence electrons. The first-order valence-electron chi connectivity index (χ1n) is 9.50. The average molecular weight is 328 g/mol. The third-order valence-corrected chi connectivity index (χ3v) is 4.94. The minimum absolute atomic E-state index is 0.122. The van der Waals surface area contributed by atoms with Crippen molar-refractivity contribution in [2.75, 3.05) is 45.9 Å². The van der Waals surface area contributed by atoms with Crippen molar-refractivity contribution in [1.82, 2.24) is 4.90 Å². The summed E-state index contributed by atoms with van der Waals surface area (Å²) in [4.78, 5) is 14.2. The number of likely N-dealkylation sites (N-methyl/N-ethyl adjacent to an activating group) is 2. The molecule has 1 amide bonds. The zero-order valence-corrected chi connectivity index (χ0v) is 15.9. The van der Waals surface area contributed by atoms with Crippen molar-refractivity contribution in [2.24, 2.45) is 0 Å². The third kappa shape index (κ3) is 9.11. The van der Waals surface area contributed by atoms with Crippen molar-refractivity contribution in [3.8, 4) is 0 Å². The van der Waals surface area contributed by atoms with Crippen LogP contribution in [0.3, 0.4) is 0 Å². The van der Waals surface area contributed by atoms with Crippen LogP contribution in [-0.2, 0) is 4.79 Å². The summed E-state index contributed by atoms with van der Waals surface area (Å²) in [7, 11) is 0. The first kappa shape index (κ1) is 22.1. The van der Waals surface area contributed by atoms with Crippen molar-refractivity contribution in [3.63, 3.8) is 0 Å². The monoisotopic (exact) mass is 327 g/mol. The molecule has 0 aromatic carbocycles. The minimum atomic E-state index is 0.122. The van der Waals surface area contributed by atoms with E-state index in [-0.39, 0.29) is 12.5 Å². The number of allylic oxidation sites excluding steroid dienone is 1. The van der Waals surface area contributed by atoms with Crippen LogP contribution >= 0.6 is 0 Å². The van der Waals surface area contributed by atoms with Crippen molar-refractivity contribution >= 4 is 5.91 Å². The minimum Gasteiger partial charge on any atom is -0.391 e. The molecule has 0 heterocycles. The smallest absolute Gasteiger partial charge is 0.246 e. The van der Waals surface area contributed by atoms with Crippen LogP contribution in [0, 0.1) is 0 Å². The molecule has 1 N–H and O–H groups in total. The van der Waals surface area contributed by atoms with E-state index in [1.165, 1.54) is 25.7 Å². The molecular weight excluding hydrogens is 288 g/mol. The van der Waals surface area contributed by atoms with E-state index in [4.69, 9.17) is 0 Å². The number of hydrogen-bond acceptors (Lipinski definition) is 2. The summed E-state index contributed by atoms with van der Waals surface area (Å²) in [5.41, 5.74) is 0. The summed E-state index contributed by atoms with van der Waals surface area (Å²) in [5.74, 6) is 0.122. The highest BCUT2D eigenvalue weighted by atomic mass is 16.3. The van der Waals surface area contributed by atoms with Crippen LogP contribution in [0.25, 0.3) is 0 Å². The highest BCUT2D eigenvalue weighted by Gasteiger charge is 2.24. The molecule has 0 aromatic heterocycles. The van der Waals surface area contributed by atoms with Gasteiger partial charge in [0.05, 0.1) is 32.8 Å². The van der Waals surface area contributed by atoms with Gasteiger partial charge in [0.15, 0.2) is 0 Å². The van der Waals surface area contributed by atoms with Crippen molar-refractivity contribution in [1.29, 1.82) is 0 Å². The normalized spacial score (nSPS) is 12.0. The van der Waals surface area contributed by atoms with Gasteiger partial charge in [0.2, 0.25) is 5.91 Å². The molecule has 0 saturated carbocycles. The van der Waals surface area contributed by atoms with E-state index in [0.29, 0.717) is 0 Å². The van der Waals surface area contributed by atoms with Gasteiger partial charge in [-0.3, -0.25) is 4.79 Å². The van der Waals surface area contributed by atoms with Crippen LogP contribution in [0.4, 0.5) is 0 Å². The predicted octanol–water partition coefficient (Wildman–Crippen LogP) is 3.21. The van der Waals surface area contributed by atoms with Crippen LogP contribution in [0.5, 0.6) is 0 Å². The van der Waals surface area contributed by atoms with E-state index < -0.39 is 0 Å². The molecule has 0 saturated heterocycles. The van der Waals surface area contributed by atoms with Gasteiger partial charge in [0.25, 0.3) is 0 Å². The number of unbranched alkanes of at least 4 members (excludes halogenated alkanes) is 4. The van der Waals surface area contributed by atoms with Crippen molar-refractivity contribution in [3.05, 3.63) is 12.2 Å². The van der Waals surface area contributed by atoms with Crippen LogP contribution < -0.4 is 0 Å². The molecule has 0 unspecified atom stereocenters. The van der Waals surface area contributed by atoms with E-state index in [0.717, 1.165) is 50.2 Å². The molecule has 4 heteroatoms. The fourth-order valence-corrected chi connectivity index (χ4v) is 2.92. The largest absolute Gasteiger partial charge is 0.391 e. The SMILES string of the molecule is CCCCCC/C=C/C(=O)N(CC)CC[N+](CC)(CC)CCO. The van der Waals surface area contributed by atoms with Crippen LogP contribution in [-0.4, -0.2) is 66.3 Å². The van der Waals surface area contributed by atoms with Gasteiger partial charge in [-0.05, 0) is 39.7 Å². The summed E-state index contributed by atoms with van der Waals surface area (Å²) >= 11 is 0. The Kier molecular flexibility index (Phi) is 13.0. The fourth-order valence-electron chi connectivity index (χ4n) is 2.92. The van der Waals surface area contributed by atoms with Gasteiger partial charge in [-0.15, -0.1) is 0 Å². The van der Waals surface area contributed by atoms with E-state index >= 15 is 0 Å². The maximum Gasteiger partial charge on any atom is 0.246 e. The second kappa shape index (κ2) is 13.6. The van der Waals surface area contributed by atoms with Crippen molar-refractivity contribution in [2.45, 2.75) is 59.8 Å². The molecule has 0 rings (SSSR count). The first-order chi connectivity index (χ1) is 11.1. The number of amides is 1. The number of nitrogens with zero attached hydrogens (tertiary/aromatic N) is 2. The summed E-state index contributed by atoms with van der Waals surface area (Å²) < 4.78 is 0.876. The summed E-state index contributed by atoms with van der Waals surface area (Å²) in [6, 6.07) is 0. The molecule has 0 bridgehead atoms.